The largest absolute Gasteiger partial charge is 0.507 e. The van der Waals surface area contributed by atoms with Crippen LogP contribution in [0.15, 0.2) is 72.3 Å². The van der Waals surface area contributed by atoms with Gasteiger partial charge in [0.15, 0.2) is 0 Å². The molecule has 0 aromatic heterocycles. The number of hydrogen-bond acceptors (Lipinski definition) is 5. The van der Waals surface area contributed by atoms with Gasteiger partial charge in [-0.1, -0.05) is 24.3 Å². The summed E-state index contributed by atoms with van der Waals surface area (Å²) in [5.41, 5.74) is 1.43. The standard InChI is InChI=1S/C27H24FNO5/c1-15(2)34-22-13-10-18(14-16(22)3)25(31)23-24(17-8-11-19(28)12-9-17)29(27(33)26(23)32)20-6-4-5-7-21(20)30/h4-15,24,30-31H,1-3H3/b25-23-. The number of aryl methyl sites for hydroxylation is 1. The number of nitrogens with zero attached hydrogens (tertiary/aromatic N) is 1. The minimum Gasteiger partial charge on any atom is -0.507 e. The predicted octanol–water partition coefficient (Wildman–Crippen LogP) is 5.25. The van der Waals surface area contributed by atoms with Crippen molar-refractivity contribution in [1.29, 1.82) is 0 Å². The number of amides is 1. The fourth-order valence-corrected chi connectivity index (χ4v) is 4.05. The van der Waals surface area contributed by atoms with Crippen LogP contribution in [0.4, 0.5) is 10.1 Å². The van der Waals surface area contributed by atoms with Gasteiger partial charge in [0.2, 0.25) is 0 Å². The number of carbonyl (C=O) groups excluding carboxylic acids is 2. The molecule has 0 saturated carbocycles. The Bertz CT molecular complexity index is 1300. The van der Waals surface area contributed by atoms with Gasteiger partial charge < -0.3 is 14.9 Å². The number of phenolic OH excluding ortho intramolecular Hbond substituents is 1. The van der Waals surface area contributed by atoms with Crippen molar-refractivity contribution in [3.8, 4) is 11.5 Å². The molecule has 1 aliphatic rings. The highest BCUT2D eigenvalue weighted by Crippen LogP contribution is 2.44. The number of ketones is 1. The summed E-state index contributed by atoms with van der Waals surface area (Å²) in [5, 5.41) is 21.6. The number of aromatic hydroxyl groups is 1. The molecule has 1 fully saturated rings. The van der Waals surface area contributed by atoms with Gasteiger partial charge in [-0.05, 0) is 74.4 Å². The lowest BCUT2D eigenvalue weighted by Gasteiger charge is -2.26. The van der Waals surface area contributed by atoms with Crippen molar-refractivity contribution in [2.75, 3.05) is 4.90 Å². The van der Waals surface area contributed by atoms with E-state index in [1.165, 1.54) is 36.4 Å². The summed E-state index contributed by atoms with van der Waals surface area (Å²) in [5.74, 6) is -2.24. The molecule has 0 bridgehead atoms. The van der Waals surface area contributed by atoms with Crippen LogP contribution in [-0.2, 0) is 9.59 Å². The molecule has 3 aromatic rings. The van der Waals surface area contributed by atoms with Gasteiger partial charge in [-0.2, -0.15) is 0 Å². The Morgan fingerprint density at radius 1 is 1.03 bits per heavy atom. The van der Waals surface area contributed by atoms with Gasteiger partial charge in [0.25, 0.3) is 11.7 Å². The molecule has 34 heavy (non-hydrogen) atoms. The molecule has 0 aliphatic carbocycles. The maximum absolute atomic E-state index is 13.6. The number of para-hydroxylation sites is 2. The second-order valence-corrected chi connectivity index (χ2v) is 8.36. The van der Waals surface area contributed by atoms with Gasteiger partial charge in [-0.25, -0.2) is 4.39 Å². The molecule has 0 radical (unpaired) electrons. The molecular weight excluding hydrogens is 437 g/mol. The quantitative estimate of drug-likeness (QED) is 0.308. The van der Waals surface area contributed by atoms with Gasteiger partial charge in [0, 0.05) is 5.56 Å². The molecule has 174 valence electrons. The lowest BCUT2D eigenvalue weighted by molar-refractivity contribution is -0.132. The second kappa shape index (κ2) is 9.02. The maximum Gasteiger partial charge on any atom is 0.300 e. The summed E-state index contributed by atoms with van der Waals surface area (Å²) < 4.78 is 19.4. The van der Waals surface area contributed by atoms with Crippen LogP contribution in [0.5, 0.6) is 11.5 Å². The zero-order valence-electron chi connectivity index (χ0n) is 18.9. The molecule has 3 aromatic carbocycles. The van der Waals surface area contributed by atoms with Crippen molar-refractivity contribution >= 4 is 23.1 Å². The Hall–Kier alpha value is -4.13. The number of carbonyl (C=O) groups is 2. The second-order valence-electron chi connectivity index (χ2n) is 8.36. The molecule has 1 aliphatic heterocycles. The zero-order chi connectivity index (χ0) is 24.6. The first-order valence-electron chi connectivity index (χ1n) is 10.8. The van der Waals surface area contributed by atoms with Crippen LogP contribution in [0, 0.1) is 12.7 Å². The highest BCUT2D eigenvalue weighted by Gasteiger charge is 2.47. The molecule has 1 amide bonds. The molecule has 7 heteroatoms. The van der Waals surface area contributed by atoms with Crippen LogP contribution in [-0.4, -0.2) is 28.0 Å². The highest BCUT2D eigenvalue weighted by molar-refractivity contribution is 6.51. The van der Waals surface area contributed by atoms with Gasteiger partial charge in [-0.15, -0.1) is 0 Å². The fraction of sp³-hybridized carbons (Fsp3) is 0.185. The number of rotatable bonds is 5. The van der Waals surface area contributed by atoms with Crippen molar-refractivity contribution < 1.29 is 28.9 Å². The number of aliphatic hydroxyl groups is 1. The number of halogens is 1. The first-order valence-corrected chi connectivity index (χ1v) is 10.8. The van der Waals surface area contributed by atoms with Crippen LogP contribution < -0.4 is 9.64 Å². The number of benzene rings is 3. The topological polar surface area (TPSA) is 87.1 Å². The Morgan fingerprint density at radius 2 is 1.71 bits per heavy atom. The van der Waals surface area contributed by atoms with E-state index >= 15 is 0 Å². The number of ether oxygens (including phenoxy) is 1. The van der Waals surface area contributed by atoms with E-state index in [-0.39, 0.29) is 28.9 Å². The number of Topliss-reactive ketones (excluding diaryl/α,β-unsaturated/α-hetero) is 1. The SMILES string of the molecule is Cc1cc(/C(O)=C2/C(=O)C(=O)N(c3ccccc3O)C2c2ccc(F)cc2)ccc1OC(C)C. The van der Waals surface area contributed by atoms with Crippen LogP contribution >= 0.6 is 0 Å². The number of hydrogen-bond donors (Lipinski definition) is 2. The average molecular weight is 461 g/mol. The number of anilines is 1. The molecule has 0 spiro atoms. The van der Waals surface area contributed by atoms with Crippen LogP contribution in [0.2, 0.25) is 0 Å². The molecule has 4 rings (SSSR count). The highest BCUT2D eigenvalue weighted by atomic mass is 19.1. The third-order valence-electron chi connectivity index (χ3n) is 5.58. The first kappa shape index (κ1) is 23.0. The smallest absolute Gasteiger partial charge is 0.300 e. The van der Waals surface area contributed by atoms with Crippen LogP contribution in [0.1, 0.15) is 36.6 Å². The molecular formula is C27H24FNO5. The Kier molecular flexibility index (Phi) is 6.11. The van der Waals surface area contributed by atoms with Crippen LogP contribution in [0.25, 0.3) is 5.76 Å². The molecule has 1 saturated heterocycles. The van der Waals surface area contributed by atoms with Crippen molar-refractivity contribution in [3.05, 3.63) is 94.8 Å². The third-order valence-corrected chi connectivity index (χ3v) is 5.58. The summed E-state index contributed by atoms with van der Waals surface area (Å²) in [7, 11) is 0. The van der Waals surface area contributed by atoms with Crippen molar-refractivity contribution in [1.82, 2.24) is 0 Å². The normalized spacial score (nSPS) is 17.4. The van der Waals surface area contributed by atoms with E-state index < -0.39 is 23.5 Å². The lowest BCUT2D eigenvalue weighted by Crippen LogP contribution is -2.29. The lowest BCUT2D eigenvalue weighted by atomic mass is 9.94. The first-order chi connectivity index (χ1) is 16.2. The van der Waals surface area contributed by atoms with Gasteiger partial charge in [-0.3, -0.25) is 14.5 Å². The number of phenols is 1. The van der Waals surface area contributed by atoms with E-state index in [0.717, 1.165) is 10.5 Å². The molecule has 1 atom stereocenters. The summed E-state index contributed by atoms with van der Waals surface area (Å²) >= 11 is 0. The van der Waals surface area contributed by atoms with Gasteiger partial charge in [0.1, 0.15) is 23.1 Å². The Morgan fingerprint density at radius 3 is 2.32 bits per heavy atom. The number of aliphatic hydroxyl groups excluding tert-OH is 1. The van der Waals surface area contributed by atoms with Crippen molar-refractivity contribution in [2.24, 2.45) is 0 Å². The molecule has 1 heterocycles. The molecule has 1 unspecified atom stereocenters. The molecule has 2 N–H and O–H groups in total. The monoisotopic (exact) mass is 461 g/mol. The van der Waals surface area contributed by atoms with Crippen molar-refractivity contribution in [3.63, 3.8) is 0 Å². The zero-order valence-corrected chi connectivity index (χ0v) is 18.9. The third kappa shape index (κ3) is 4.12. The summed E-state index contributed by atoms with van der Waals surface area (Å²) in [4.78, 5) is 27.4. The van der Waals surface area contributed by atoms with E-state index in [4.69, 9.17) is 4.74 Å². The van der Waals surface area contributed by atoms with Crippen LogP contribution in [0.3, 0.4) is 0 Å². The summed E-state index contributed by atoms with van der Waals surface area (Å²) in [6, 6.07) is 15.3. The summed E-state index contributed by atoms with van der Waals surface area (Å²) in [6.45, 7) is 5.61. The minimum atomic E-state index is -1.07. The van der Waals surface area contributed by atoms with E-state index in [2.05, 4.69) is 0 Å². The molecule has 6 nitrogen and oxygen atoms in total. The van der Waals surface area contributed by atoms with E-state index in [0.29, 0.717) is 16.9 Å². The average Bonchev–Trinajstić information content (AvgIpc) is 3.06. The fourth-order valence-electron chi connectivity index (χ4n) is 4.05. The Labute approximate surface area is 196 Å². The van der Waals surface area contributed by atoms with Gasteiger partial charge in [0.05, 0.1) is 23.4 Å². The van der Waals surface area contributed by atoms with E-state index in [1.54, 1.807) is 30.3 Å². The summed E-state index contributed by atoms with van der Waals surface area (Å²) in [6.07, 6.45) is -0.0412. The van der Waals surface area contributed by atoms with Crippen molar-refractivity contribution in [2.45, 2.75) is 32.9 Å². The van der Waals surface area contributed by atoms with E-state index in [1.807, 2.05) is 20.8 Å². The van der Waals surface area contributed by atoms with E-state index in [9.17, 15) is 24.2 Å². The maximum atomic E-state index is 13.6. The Balaban J connectivity index is 1.91. The predicted molar refractivity (Wildman–Crippen MR) is 126 cm³/mol. The van der Waals surface area contributed by atoms with Gasteiger partial charge >= 0.3 is 0 Å². The minimum absolute atomic E-state index is 0.0412.